The number of hydrogen-bond donors (Lipinski definition) is 0. The summed E-state index contributed by atoms with van der Waals surface area (Å²) in [5.74, 6) is -0.822. The van der Waals surface area contributed by atoms with Gasteiger partial charge in [-0.2, -0.15) is 5.26 Å². The molecule has 0 spiro atoms. The van der Waals surface area contributed by atoms with E-state index in [9.17, 15) is 14.9 Å². The largest absolute Gasteiger partial charge is 0.310 e. The topological polar surface area (TPSA) is 70.5 Å². The number of aromatic nitrogens is 1. The molecule has 1 aliphatic heterocycles. The van der Waals surface area contributed by atoms with E-state index in [2.05, 4.69) is 10.9 Å². The van der Waals surface area contributed by atoms with E-state index in [0.29, 0.717) is 33.7 Å². The highest BCUT2D eigenvalue weighted by atomic mass is 16.2. The van der Waals surface area contributed by atoms with Crippen LogP contribution in [0.3, 0.4) is 0 Å². The Morgan fingerprint density at radius 1 is 0.675 bits per heavy atom. The van der Waals surface area contributed by atoms with Crippen molar-refractivity contribution in [3.63, 3.8) is 0 Å². The van der Waals surface area contributed by atoms with Crippen LogP contribution in [-0.2, 0) is 0 Å². The molecular formula is C34H18N4O2. The molecule has 6 aromatic rings. The number of rotatable bonds is 3. The lowest BCUT2D eigenvalue weighted by atomic mass is 10.0. The SMILES string of the molecule is [C-]#[N+]c1ccc2c3ccc(C#N)cc3n(-c3cccc4c3C(=O)N(c3ccccc3-c3ccccc3)C4=O)c2c1. The molecule has 2 amide bonds. The van der Waals surface area contributed by atoms with Crippen LogP contribution in [0.2, 0.25) is 0 Å². The van der Waals surface area contributed by atoms with Gasteiger partial charge in [-0.05, 0) is 42.0 Å². The molecule has 2 heterocycles. The first-order chi connectivity index (χ1) is 19.6. The van der Waals surface area contributed by atoms with Gasteiger partial charge < -0.3 is 4.57 Å². The second-order valence-electron chi connectivity index (χ2n) is 9.52. The maximum atomic E-state index is 14.2. The molecule has 0 saturated heterocycles. The molecule has 40 heavy (non-hydrogen) atoms. The van der Waals surface area contributed by atoms with E-state index >= 15 is 0 Å². The highest BCUT2D eigenvalue weighted by Crippen LogP contribution is 2.41. The first-order valence-corrected chi connectivity index (χ1v) is 12.6. The molecule has 6 heteroatoms. The number of nitriles is 1. The summed E-state index contributed by atoms with van der Waals surface area (Å²) in [6.07, 6.45) is 0. The number of carbonyl (C=O) groups excluding carboxylic acids is 2. The average molecular weight is 515 g/mol. The lowest BCUT2D eigenvalue weighted by molar-refractivity contribution is 0.0926. The van der Waals surface area contributed by atoms with Crippen LogP contribution in [0.1, 0.15) is 26.3 Å². The fraction of sp³-hybridized carbons (Fsp3) is 0. The Hall–Kier alpha value is -5.98. The third kappa shape index (κ3) is 3.27. The Morgan fingerprint density at radius 2 is 1.35 bits per heavy atom. The van der Waals surface area contributed by atoms with Crippen LogP contribution >= 0.6 is 0 Å². The van der Waals surface area contributed by atoms with Crippen molar-refractivity contribution in [1.29, 1.82) is 5.26 Å². The van der Waals surface area contributed by atoms with Gasteiger partial charge in [0.05, 0.1) is 46.2 Å². The second-order valence-corrected chi connectivity index (χ2v) is 9.52. The molecule has 0 fully saturated rings. The van der Waals surface area contributed by atoms with Gasteiger partial charge in [0.2, 0.25) is 0 Å². The van der Waals surface area contributed by atoms with E-state index in [-0.39, 0.29) is 5.56 Å². The summed E-state index contributed by atoms with van der Waals surface area (Å²) in [7, 11) is 0. The number of carbonyl (C=O) groups is 2. The minimum Gasteiger partial charge on any atom is -0.310 e. The molecule has 0 atom stereocenters. The molecule has 0 saturated carbocycles. The minimum atomic E-state index is -0.424. The first kappa shape index (κ1) is 23.2. The molecule has 1 aromatic heterocycles. The number of imide groups is 1. The van der Waals surface area contributed by atoms with Crippen molar-refractivity contribution in [3.8, 4) is 22.9 Å². The lowest BCUT2D eigenvalue weighted by Gasteiger charge is -2.18. The number of benzene rings is 5. The summed E-state index contributed by atoms with van der Waals surface area (Å²) in [6, 6.07) is 35.3. The normalized spacial score (nSPS) is 12.5. The zero-order valence-electron chi connectivity index (χ0n) is 21.0. The molecule has 6 nitrogen and oxygen atoms in total. The van der Waals surface area contributed by atoms with Crippen molar-refractivity contribution in [2.45, 2.75) is 0 Å². The molecule has 7 rings (SSSR count). The maximum absolute atomic E-state index is 14.2. The number of amides is 2. The van der Waals surface area contributed by atoms with Crippen LogP contribution in [0.25, 0.3) is 43.5 Å². The van der Waals surface area contributed by atoms with Crippen molar-refractivity contribution in [2.75, 3.05) is 4.90 Å². The van der Waals surface area contributed by atoms with Crippen molar-refractivity contribution < 1.29 is 9.59 Å². The highest BCUT2D eigenvalue weighted by Gasteiger charge is 2.40. The fourth-order valence-electron chi connectivity index (χ4n) is 5.61. The first-order valence-electron chi connectivity index (χ1n) is 12.6. The van der Waals surface area contributed by atoms with Gasteiger partial charge in [0.1, 0.15) is 0 Å². The quantitative estimate of drug-likeness (QED) is 0.180. The fourth-order valence-corrected chi connectivity index (χ4v) is 5.61. The highest BCUT2D eigenvalue weighted by molar-refractivity contribution is 6.36. The molecule has 0 unspecified atom stereocenters. The number of fused-ring (bicyclic) bond motifs is 4. The Labute approximate surface area is 229 Å². The minimum absolute atomic E-state index is 0.282. The number of anilines is 1. The van der Waals surface area contributed by atoms with Gasteiger partial charge in [-0.1, -0.05) is 72.8 Å². The van der Waals surface area contributed by atoms with Gasteiger partial charge in [-0.15, -0.1) is 0 Å². The summed E-state index contributed by atoms with van der Waals surface area (Å²) < 4.78 is 1.89. The van der Waals surface area contributed by atoms with E-state index in [0.717, 1.165) is 27.4 Å². The zero-order chi connectivity index (χ0) is 27.4. The van der Waals surface area contributed by atoms with Crippen molar-refractivity contribution in [1.82, 2.24) is 4.57 Å². The van der Waals surface area contributed by atoms with E-state index in [4.69, 9.17) is 6.57 Å². The van der Waals surface area contributed by atoms with Gasteiger partial charge in [0.15, 0.2) is 5.69 Å². The standard InChI is InChI=1S/C34H18N4O2/c1-36-23-15-17-26-25-16-14-21(20-35)18-30(25)37(31(26)19-23)29-13-7-11-27-32(29)34(40)38(33(27)39)28-12-6-5-10-24(28)22-8-3-2-4-9-22/h2-19H. The molecule has 5 aromatic carbocycles. The lowest BCUT2D eigenvalue weighted by Crippen LogP contribution is -2.30. The van der Waals surface area contributed by atoms with Crippen LogP contribution in [0.15, 0.2) is 109 Å². The predicted octanol–water partition coefficient (Wildman–Crippen LogP) is 7.67. The summed E-state index contributed by atoms with van der Waals surface area (Å²) in [4.78, 5) is 32.9. The molecule has 0 N–H and O–H groups in total. The number of para-hydroxylation sites is 1. The van der Waals surface area contributed by atoms with E-state index < -0.39 is 11.8 Å². The zero-order valence-corrected chi connectivity index (χ0v) is 21.0. The van der Waals surface area contributed by atoms with Gasteiger partial charge in [0.25, 0.3) is 11.8 Å². The van der Waals surface area contributed by atoms with Crippen molar-refractivity contribution in [2.24, 2.45) is 0 Å². The summed E-state index contributed by atoms with van der Waals surface area (Å²) in [6.45, 7) is 7.55. The number of hydrogen-bond acceptors (Lipinski definition) is 3. The predicted molar refractivity (Wildman–Crippen MR) is 155 cm³/mol. The van der Waals surface area contributed by atoms with Crippen LogP contribution in [-0.4, -0.2) is 16.4 Å². The summed E-state index contributed by atoms with van der Waals surface area (Å²) >= 11 is 0. The Kier molecular flexibility index (Phi) is 5.10. The van der Waals surface area contributed by atoms with Crippen LogP contribution in [0, 0.1) is 17.9 Å². The van der Waals surface area contributed by atoms with Crippen LogP contribution < -0.4 is 4.90 Å². The molecular weight excluding hydrogens is 496 g/mol. The van der Waals surface area contributed by atoms with E-state index in [1.165, 1.54) is 4.90 Å². The smallest absolute Gasteiger partial charge is 0.268 e. The van der Waals surface area contributed by atoms with Gasteiger partial charge in [-0.3, -0.25) is 9.59 Å². The van der Waals surface area contributed by atoms with Crippen molar-refractivity contribution in [3.05, 3.63) is 137 Å². The second kappa shape index (κ2) is 8.80. The molecule has 1 aliphatic rings. The summed E-state index contributed by atoms with van der Waals surface area (Å²) in [5, 5.41) is 11.4. The van der Waals surface area contributed by atoms with Crippen molar-refractivity contribution >= 4 is 45.0 Å². The monoisotopic (exact) mass is 514 g/mol. The maximum Gasteiger partial charge on any atom is 0.268 e. The third-order valence-electron chi connectivity index (χ3n) is 7.37. The van der Waals surface area contributed by atoms with Crippen LogP contribution in [0.4, 0.5) is 11.4 Å². The van der Waals surface area contributed by atoms with Crippen LogP contribution in [0.5, 0.6) is 0 Å². The Balaban J connectivity index is 1.49. The van der Waals surface area contributed by atoms with Gasteiger partial charge in [0, 0.05) is 21.9 Å². The van der Waals surface area contributed by atoms with Gasteiger partial charge in [-0.25, -0.2) is 9.74 Å². The molecule has 0 radical (unpaired) electrons. The third-order valence-corrected chi connectivity index (χ3v) is 7.37. The Morgan fingerprint density at radius 3 is 2.12 bits per heavy atom. The van der Waals surface area contributed by atoms with Gasteiger partial charge >= 0.3 is 0 Å². The molecule has 186 valence electrons. The molecule has 0 bridgehead atoms. The Bertz CT molecular complexity index is 2060. The summed E-state index contributed by atoms with van der Waals surface area (Å²) in [5.41, 5.74) is 5.64. The van der Waals surface area contributed by atoms with E-state index in [1.54, 1.807) is 48.5 Å². The number of nitrogens with zero attached hydrogens (tertiary/aromatic N) is 4. The average Bonchev–Trinajstić information content (AvgIpc) is 3.47. The van der Waals surface area contributed by atoms with E-state index in [1.807, 2.05) is 65.2 Å². The molecule has 0 aliphatic carbocycles.